The third kappa shape index (κ3) is 5.39. The van der Waals surface area contributed by atoms with Crippen molar-refractivity contribution in [2.75, 3.05) is 7.11 Å². The molecule has 0 unspecified atom stereocenters. The van der Waals surface area contributed by atoms with E-state index in [4.69, 9.17) is 9.72 Å². The molecule has 3 aromatic carbocycles. The van der Waals surface area contributed by atoms with E-state index >= 15 is 0 Å². The normalized spacial score (nSPS) is 11.1. The van der Waals surface area contributed by atoms with Crippen molar-refractivity contribution >= 4 is 31.9 Å². The van der Waals surface area contributed by atoms with Crippen LogP contribution in [0.5, 0.6) is 11.5 Å². The lowest BCUT2D eigenvalue weighted by molar-refractivity contribution is 0.373. The summed E-state index contributed by atoms with van der Waals surface area (Å²) in [5.41, 5.74) is 5.11. The first-order valence-corrected chi connectivity index (χ1v) is 13.1. The summed E-state index contributed by atoms with van der Waals surface area (Å²) in [7, 11) is 1.57. The fourth-order valence-corrected chi connectivity index (χ4v) is 4.64. The Bertz CT molecular complexity index is 1250. The Morgan fingerprint density at radius 3 is 2.06 bits per heavy atom. The third-order valence-electron chi connectivity index (χ3n) is 5.88. The van der Waals surface area contributed by atoms with Crippen molar-refractivity contribution in [3.63, 3.8) is 0 Å². The number of nitrogens with zero attached hydrogens (tertiary/aromatic N) is 2. The Morgan fingerprint density at radius 2 is 1.44 bits per heavy atom. The molecule has 0 aliphatic carbocycles. The van der Waals surface area contributed by atoms with Crippen molar-refractivity contribution in [1.29, 1.82) is 0 Å². The van der Waals surface area contributed by atoms with Gasteiger partial charge in [-0.2, -0.15) is 0 Å². The molecule has 4 aromatic rings. The number of rotatable bonds is 9. The SMILES string of the molecule is CCCCCCn1c(-c2ccc(O)c(OC)c2)nc(-c2ccc(Br)cc2)c1-c1ccc(Br)cc1. The summed E-state index contributed by atoms with van der Waals surface area (Å²) in [6.45, 7) is 3.08. The molecule has 1 heterocycles. The summed E-state index contributed by atoms with van der Waals surface area (Å²) in [4.78, 5) is 5.18. The monoisotopic (exact) mass is 582 g/mol. The van der Waals surface area contributed by atoms with Gasteiger partial charge in [-0.3, -0.25) is 0 Å². The molecule has 4 rings (SSSR count). The van der Waals surface area contributed by atoms with Gasteiger partial charge >= 0.3 is 0 Å². The van der Waals surface area contributed by atoms with Crippen LogP contribution in [0.15, 0.2) is 75.7 Å². The van der Waals surface area contributed by atoms with Gasteiger partial charge in [0.2, 0.25) is 0 Å². The number of ether oxygens (including phenoxy) is 1. The van der Waals surface area contributed by atoms with Crippen molar-refractivity contribution in [1.82, 2.24) is 9.55 Å². The van der Waals surface area contributed by atoms with Gasteiger partial charge in [-0.05, 0) is 48.9 Å². The molecular formula is C28H28Br2N2O2. The number of phenolic OH excluding ortho intramolecular Hbond substituents is 1. The average molecular weight is 584 g/mol. The molecule has 1 aromatic heterocycles. The molecular weight excluding hydrogens is 556 g/mol. The van der Waals surface area contributed by atoms with Crippen LogP contribution < -0.4 is 4.74 Å². The second-order valence-corrected chi connectivity index (χ2v) is 10.1. The van der Waals surface area contributed by atoms with Crippen molar-refractivity contribution in [3.8, 4) is 45.4 Å². The number of aromatic hydroxyl groups is 1. The molecule has 0 aliphatic rings. The summed E-state index contributed by atoms with van der Waals surface area (Å²) in [5.74, 6) is 1.42. The lowest BCUT2D eigenvalue weighted by Gasteiger charge is -2.14. The predicted octanol–water partition coefficient (Wildman–Crippen LogP) is 8.70. The van der Waals surface area contributed by atoms with Crippen LogP contribution in [0.4, 0.5) is 0 Å². The van der Waals surface area contributed by atoms with Gasteiger partial charge < -0.3 is 14.4 Å². The van der Waals surface area contributed by atoms with Crippen molar-refractivity contribution in [3.05, 3.63) is 75.7 Å². The van der Waals surface area contributed by atoms with E-state index in [-0.39, 0.29) is 5.75 Å². The molecule has 0 amide bonds. The first-order chi connectivity index (χ1) is 16.5. The predicted molar refractivity (Wildman–Crippen MR) is 146 cm³/mol. The van der Waals surface area contributed by atoms with E-state index in [0.717, 1.165) is 55.8 Å². The molecule has 4 nitrogen and oxygen atoms in total. The van der Waals surface area contributed by atoms with Crippen molar-refractivity contribution in [2.45, 2.75) is 39.2 Å². The number of unbranched alkanes of at least 4 members (excludes halogenated alkanes) is 3. The van der Waals surface area contributed by atoms with Crippen LogP contribution in [0.3, 0.4) is 0 Å². The molecule has 0 fully saturated rings. The van der Waals surface area contributed by atoms with Crippen molar-refractivity contribution < 1.29 is 9.84 Å². The molecule has 0 aliphatic heterocycles. The Balaban J connectivity index is 1.94. The first-order valence-electron chi connectivity index (χ1n) is 11.5. The minimum Gasteiger partial charge on any atom is -0.504 e. The van der Waals surface area contributed by atoms with Gasteiger partial charge in [0.15, 0.2) is 11.5 Å². The van der Waals surface area contributed by atoms with Gasteiger partial charge in [0.1, 0.15) is 5.82 Å². The number of methoxy groups -OCH3 is 1. The fourth-order valence-electron chi connectivity index (χ4n) is 4.11. The summed E-state index contributed by atoms with van der Waals surface area (Å²) in [5, 5.41) is 10.2. The number of aromatic nitrogens is 2. The molecule has 0 bridgehead atoms. The smallest absolute Gasteiger partial charge is 0.161 e. The topological polar surface area (TPSA) is 47.3 Å². The molecule has 176 valence electrons. The second-order valence-electron chi connectivity index (χ2n) is 8.25. The highest BCUT2D eigenvalue weighted by atomic mass is 79.9. The van der Waals surface area contributed by atoms with Crippen LogP contribution in [0.1, 0.15) is 32.6 Å². The number of benzene rings is 3. The zero-order valence-corrected chi connectivity index (χ0v) is 22.6. The maximum atomic E-state index is 10.2. The fraction of sp³-hybridized carbons (Fsp3) is 0.250. The Kier molecular flexibility index (Phi) is 8.11. The number of hydrogen-bond acceptors (Lipinski definition) is 3. The van der Waals surface area contributed by atoms with Gasteiger partial charge in [0.25, 0.3) is 0 Å². The standard InChI is InChI=1S/C28H28Br2N2O2/c1-3-4-5-6-17-32-27(20-9-14-23(30)15-10-20)26(19-7-12-22(29)13-8-19)31-28(32)21-11-16-24(33)25(18-21)34-2/h7-16,18,33H,3-6,17H2,1-2H3. The van der Waals surface area contributed by atoms with Crippen LogP contribution in [-0.4, -0.2) is 21.8 Å². The minimum absolute atomic E-state index is 0.119. The highest BCUT2D eigenvalue weighted by Crippen LogP contribution is 2.39. The van der Waals surface area contributed by atoms with Gasteiger partial charge in [0.05, 0.1) is 18.5 Å². The van der Waals surface area contributed by atoms with Crippen LogP contribution in [0.2, 0.25) is 0 Å². The average Bonchev–Trinajstić information content (AvgIpc) is 3.22. The highest BCUT2D eigenvalue weighted by molar-refractivity contribution is 9.10. The summed E-state index contributed by atoms with van der Waals surface area (Å²) in [6.07, 6.45) is 4.63. The van der Waals surface area contributed by atoms with E-state index in [0.29, 0.717) is 5.75 Å². The zero-order valence-electron chi connectivity index (χ0n) is 19.4. The van der Waals surface area contributed by atoms with Crippen LogP contribution in [-0.2, 0) is 6.54 Å². The Morgan fingerprint density at radius 1 is 0.824 bits per heavy atom. The van der Waals surface area contributed by atoms with E-state index in [1.807, 2.05) is 24.3 Å². The summed E-state index contributed by atoms with van der Waals surface area (Å²) in [6, 6.07) is 22.1. The molecule has 0 atom stereocenters. The molecule has 0 radical (unpaired) electrons. The first kappa shape index (κ1) is 24.6. The van der Waals surface area contributed by atoms with E-state index < -0.39 is 0 Å². The molecule has 34 heavy (non-hydrogen) atoms. The summed E-state index contributed by atoms with van der Waals surface area (Å²) < 4.78 is 9.79. The van der Waals surface area contributed by atoms with E-state index in [9.17, 15) is 5.11 Å². The largest absolute Gasteiger partial charge is 0.504 e. The van der Waals surface area contributed by atoms with Gasteiger partial charge in [0, 0.05) is 32.2 Å². The van der Waals surface area contributed by atoms with E-state index in [1.165, 1.54) is 19.3 Å². The zero-order chi connectivity index (χ0) is 24.1. The van der Waals surface area contributed by atoms with E-state index in [1.54, 1.807) is 13.2 Å². The Labute approximate surface area is 217 Å². The number of phenols is 1. The van der Waals surface area contributed by atoms with Gasteiger partial charge in [-0.1, -0.05) is 82.3 Å². The van der Waals surface area contributed by atoms with Crippen LogP contribution >= 0.6 is 31.9 Å². The molecule has 1 N–H and O–H groups in total. The molecule has 6 heteroatoms. The van der Waals surface area contributed by atoms with Crippen LogP contribution in [0, 0.1) is 0 Å². The quantitative estimate of drug-likeness (QED) is 0.200. The van der Waals surface area contributed by atoms with E-state index in [2.05, 4.69) is 79.7 Å². The second kappa shape index (κ2) is 11.2. The number of imidazole rings is 1. The number of halogens is 2. The van der Waals surface area contributed by atoms with Gasteiger partial charge in [-0.25, -0.2) is 4.98 Å². The minimum atomic E-state index is 0.119. The number of hydrogen-bond donors (Lipinski definition) is 1. The maximum Gasteiger partial charge on any atom is 0.161 e. The summed E-state index contributed by atoms with van der Waals surface area (Å²) >= 11 is 7.12. The van der Waals surface area contributed by atoms with Crippen molar-refractivity contribution in [2.24, 2.45) is 0 Å². The maximum absolute atomic E-state index is 10.2. The lowest BCUT2D eigenvalue weighted by Crippen LogP contribution is -2.04. The molecule has 0 saturated carbocycles. The third-order valence-corrected chi connectivity index (χ3v) is 6.93. The lowest BCUT2D eigenvalue weighted by atomic mass is 10.0. The molecule has 0 spiro atoms. The Hall–Kier alpha value is -2.57. The van der Waals surface area contributed by atoms with Gasteiger partial charge in [-0.15, -0.1) is 0 Å². The molecule has 0 saturated heterocycles. The van der Waals surface area contributed by atoms with Crippen LogP contribution in [0.25, 0.3) is 33.9 Å². The highest BCUT2D eigenvalue weighted by Gasteiger charge is 2.22.